The first-order valence-corrected chi connectivity index (χ1v) is 6.40. The molecule has 2 aromatic rings. The summed E-state index contributed by atoms with van der Waals surface area (Å²) < 4.78 is 1.43. The Morgan fingerprint density at radius 2 is 1.95 bits per heavy atom. The first kappa shape index (κ1) is 11.9. The quantitative estimate of drug-likeness (QED) is 0.862. The van der Waals surface area contributed by atoms with Gasteiger partial charge in [-0.05, 0) is 24.6 Å². The van der Waals surface area contributed by atoms with Crippen LogP contribution in [-0.4, -0.2) is 28.9 Å². The van der Waals surface area contributed by atoms with Gasteiger partial charge in [0, 0.05) is 25.2 Å². The first-order chi connectivity index (χ1) is 9.24. The van der Waals surface area contributed by atoms with Crippen molar-refractivity contribution in [3.05, 3.63) is 52.8 Å². The van der Waals surface area contributed by atoms with Crippen molar-refractivity contribution in [2.45, 2.75) is 12.5 Å². The van der Waals surface area contributed by atoms with Gasteiger partial charge >= 0.3 is 0 Å². The van der Waals surface area contributed by atoms with Gasteiger partial charge in [-0.1, -0.05) is 18.2 Å². The minimum Gasteiger partial charge on any atom is -0.354 e. The minimum atomic E-state index is -0.126. The van der Waals surface area contributed by atoms with Crippen LogP contribution in [0.25, 0.3) is 5.69 Å². The number of nitrogens with zero attached hydrogens (tertiary/aromatic N) is 3. The van der Waals surface area contributed by atoms with Crippen LogP contribution in [-0.2, 0) is 0 Å². The highest BCUT2D eigenvalue weighted by Gasteiger charge is 2.20. The maximum Gasteiger partial charge on any atom is 0.271 e. The molecule has 5 heteroatoms. The third kappa shape index (κ3) is 2.37. The number of hydrogen-bond acceptors (Lipinski definition) is 4. The van der Waals surface area contributed by atoms with E-state index in [9.17, 15) is 4.79 Å². The Labute approximate surface area is 111 Å². The SMILES string of the molecule is N[C@@H]1CCN(c2ccc(=O)n(-c3ccccc3)n2)C1. The largest absolute Gasteiger partial charge is 0.354 e. The number of nitrogens with two attached hydrogens (primary N) is 1. The third-order valence-electron chi connectivity index (χ3n) is 3.34. The van der Waals surface area contributed by atoms with Crippen molar-refractivity contribution in [3.63, 3.8) is 0 Å². The second-order valence-electron chi connectivity index (χ2n) is 4.77. The number of anilines is 1. The molecular formula is C14H16N4O. The second kappa shape index (κ2) is 4.85. The Morgan fingerprint density at radius 3 is 2.63 bits per heavy atom. The Hall–Kier alpha value is -2.14. The molecule has 98 valence electrons. The first-order valence-electron chi connectivity index (χ1n) is 6.40. The summed E-state index contributed by atoms with van der Waals surface area (Å²) in [6.07, 6.45) is 0.964. The number of rotatable bonds is 2. The highest BCUT2D eigenvalue weighted by atomic mass is 16.1. The lowest BCUT2D eigenvalue weighted by Crippen LogP contribution is -2.29. The van der Waals surface area contributed by atoms with Crippen molar-refractivity contribution in [1.29, 1.82) is 0 Å². The molecule has 1 aromatic carbocycles. The molecule has 3 rings (SSSR count). The van der Waals surface area contributed by atoms with E-state index in [1.165, 1.54) is 4.68 Å². The van der Waals surface area contributed by atoms with Gasteiger partial charge in [-0.15, -0.1) is 5.10 Å². The topological polar surface area (TPSA) is 64.2 Å². The molecule has 1 aliphatic rings. The van der Waals surface area contributed by atoms with E-state index in [1.807, 2.05) is 30.3 Å². The van der Waals surface area contributed by atoms with E-state index in [0.29, 0.717) is 0 Å². The molecule has 2 heterocycles. The Balaban J connectivity index is 1.99. The normalized spacial score (nSPS) is 18.8. The summed E-state index contributed by atoms with van der Waals surface area (Å²) in [6.45, 7) is 1.68. The van der Waals surface area contributed by atoms with Crippen molar-refractivity contribution in [1.82, 2.24) is 9.78 Å². The molecule has 1 saturated heterocycles. The third-order valence-corrected chi connectivity index (χ3v) is 3.34. The molecule has 1 atom stereocenters. The van der Waals surface area contributed by atoms with Crippen molar-refractivity contribution >= 4 is 5.82 Å². The minimum absolute atomic E-state index is 0.126. The molecule has 0 amide bonds. The summed E-state index contributed by atoms with van der Waals surface area (Å²) in [5.41, 5.74) is 6.55. The molecule has 0 saturated carbocycles. The van der Waals surface area contributed by atoms with Gasteiger partial charge in [-0.25, -0.2) is 0 Å². The molecule has 0 radical (unpaired) electrons. The molecule has 1 aromatic heterocycles. The van der Waals surface area contributed by atoms with Gasteiger partial charge in [-0.2, -0.15) is 4.68 Å². The molecule has 0 spiro atoms. The fraction of sp³-hybridized carbons (Fsp3) is 0.286. The van der Waals surface area contributed by atoms with Crippen molar-refractivity contribution < 1.29 is 0 Å². The average molecular weight is 256 g/mol. The van der Waals surface area contributed by atoms with Crippen LogP contribution in [0.5, 0.6) is 0 Å². The fourth-order valence-electron chi connectivity index (χ4n) is 2.32. The Bertz CT molecular complexity index is 623. The Morgan fingerprint density at radius 1 is 1.16 bits per heavy atom. The van der Waals surface area contributed by atoms with Gasteiger partial charge in [0.1, 0.15) is 5.82 Å². The van der Waals surface area contributed by atoms with Gasteiger partial charge in [0.15, 0.2) is 0 Å². The summed E-state index contributed by atoms with van der Waals surface area (Å²) in [4.78, 5) is 14.0. The van der Waals surface area contributed by atoms with E-state index in [0.717, 1.165) is 31.0 Å². The van der Waals surface area contributed by atoms with E-state index in [-0.39, 0.29) is 11.6 Å². The maximum atomic E-state index is 11.9. The predicted molar refractivity (Wildman–Crippen MR) is 74.6 cm³/mol. The zero-order chi connectivity index (χ0) is 13.2. The predicted octanol–water partition coefficient (Wildman–Crippen LogP) is 0.770. The molecule has 19 heavy (non-hydrogen) atoms. The monoisotopic (exact) mass is 256 g/mol. The summed E-state index contributed by atoms with van der Waals surface area (Å²) in [5.74, 6) is 0.802. The number of benzene rings is 1. The van der Waals surface area contributed by atoms with E-state index in [2.05, 4.69) is 10.00 Å². The standard InChI is InChI=1S/C14H16N4O/c15-11-8-9-17(10-11)13-6-7-14(19)18(16-13)12-4-2-1-3-5-12/h1-7,11H,8-10,15H2/t11-/m1/s1. The summed E-state index contributed by atoms with van der Waals surface area (Å²) in [5, 5.41) is 4.43. The summed E-state index contributed by atoms with van der Waals surface area (Å²) in [6, 6.07) is 12.9. The van der Waals surface area contributed by atoms with Gasteiger partial charge in [-0.3, -0.25) is 4.79 Å². The average Bonchev–Trinajstić information content (AvgIpc) is 2.87. The molecule has 0 unspecified atom stereocenters. The summed E-state index contributed by atoms with van der Waals surface area (Å²) >= 11 is 0. The van der Waals surface area contributed by atoms with Crippen molar-refractivity contribution in [2.75, 3.05) is 18.0 Å². The fourth-order valence-corrected chi connectivity index (χ4v) is 2.32. The van der Waals surface area contributed by atoms with Gasteiger partial charge < -0.3 is 10.6 Å². The van der Waals surface area contributed by atoms with Crippen LogP contribution in [0.1, 0.15) is 6.42 Å². The Kier molecular flexibility index (Phi) is 3.05. The lowest BCUT2D eigenvalue weighted by molar-refractivity contribution is 0.745. The lowest BCUT2D eigenvalue weighted by atomic mass is 10.3. The van der Waals surface area contributed by atoms with Gasteiger partial charge in [0.05, 0.1) is 5.69 Å². The highest BCUT2D eigenvalue weighted by molar-refractivity contribution is 5.40. The lowest BCUT2D eigenvalue weighted by Gasteiger charge is -2.17. The smallest absolute Gasteiger partial charge is 0.271 e. The van der Waals surface area contributed by atoms with Crippen LogP contribution in [0.15, 0.2) is 47.3 Å². The summed E-state index contributed by atoms with van der Waals surface area (Å²) in [7, 11) is 0. The highest BCUT2D eigenvalue weighted by Crippen LogP contribution is 2.16. The number of hydrogen-bond donors (Lipinski definition) is 1. The van der Waals surface area contributed by atoms with E-state index < -0.39 is 0 Å². The number of aromatic nitrogens is 2. The number of para-hydroxylation sites is 1. The molecule has 0 bridgehead atoms. The maximum absolute atomic E-state index is 11.9. The van der Waals surface area contributed by atoms with E-state index in [1.54, 1.807) is 12.1 Å². The molecule has 0 aliphatic carbocycles. The molecular weight excluding hydrogens is 240 g/mol. The van der Waals surface area contributed by atoms with Crippen LogP contribution in [0.2, 0.25) is 0 Å². The van der Waals surface area contributed by atoms with Crippen molar-refractivity contribution in [2.24, 2.45) is 5.73 Å². The molecule has 5 nitrogen and oxygen atoms in total. The second-order valence-corrected chi connectivity index (χ2v) is 4.77. The zero-order valence-electron chi connectivity index (χ0n) is 10.6. The van der Waals surface area contributed by atoms with Crippen LogP contribution in [0, 0.1) is 0 Å². The van der Waals surface area contributed by atoms with Crippen LogP contribution >= 0.6 is 0 Å². The molecule has 1 aliphatic heterocycles. The van der Waals surface area contributed by atoms with Crippen LogP contribution in [0.4, 0.5) is 5.82 Å². The van der Waals surface area contributed by atoms with E-state index >= 15 is 0 Å². The van der Waals surface area contributed by atoms with Gasteiger partial charge in [0.2, 0.25) is 0 Å². The van der Waals surface area contributed by atoms with Crippen LogP contribution in [0.3, 0.4) is 0 Å². The molecule has 2 N–H and O–H groups in total. The van der Waals surface area contributed by atoms with E-state index in [4.69, 9.17) is 5.73 Å². The van der Waals surface area contributed by atoms with Gasteiger partial charge in [0.25, 0.3) is 5.56 Å². The van der Waals surface area contributed by atoms with Crippen molar-refractivity contribution in [3.8, 4) is 5.69 Å². The zero-order valence-corrected chi connectivity index (χ0v) is 10.6. The van der Waals surface area contributed by atoms with Crippen LogP contribution < -0.4 is 16.2 Å². The molecule has 1 fully saturated rings.